The lowest BCUT2D eigenvalue weighted by Crippen LogP contribution is -2.38. The van der Waals surface area contributed by atoms with E-state index in [1.807, 2.05) is 6.07 Å². The van der Waals surface area contributed by atoms with Crippen LogP contribution in [0, 0.1) is 0 Å². The summed E-state index contributed by atoms with van der Waals surface area (Å²) in [5.74, 6) is 1.98. The molecule has 0 unspecified atom stereocenters. The first kappa shape index (κ1) is 15.0. The number of nitrogens with two attached hydrogens (primary N) is 1. The fourth-order valence-electron chi connectivity index (χ4n) is 3.91. The summed E-state index contributed by atoms with van der Waals surface area (Å²) in [4.78, 5) is 0. The number of benzene rings is 1. The summed E-state index contributed by atoms with van der Waals surface area (Å²) in [5.41, 5.74) is 8.63. The predicted molar refractivity (Wildman–Crippen MR) is 85.5 cm³/mol. The Bertz CT molecular complexity index is 536. The van der Waals surface area contributed by atoms with Gasteiger partial charge in [-0.05, 0) is 24.3 Å². The number of halogens is 1. The lowest BCUT2D eigenvalue weighted by molar-refractivity contribution is 0.173. The fourth-order valence-corrected chi connectivity index (χ4v) is 4.31. The molecule has 2 aliphatic rings. The molecule has 1 aromatic rings. The number of rotatable bonds is 3. The number of hydrogen-bond donors (Lipinski definition) is 1. The molecule has 1 saturated carbocycles. The third-order valence-corrected chi connectivity index (χ3v) is 5.26. The van der Waals surface area contributed by atoms with E-state index in [9.17, 15) is 0 Å². The van der Waals surface area contributed by atoms with Gasteiger partial charge in [-0.2, -0.15) is 0 Å². The van der Waals surface area contributed by atoms with Crippen molar-refractivity contribution in [3.05, 3.63) is 22.2 Å². The van der Waals surface area contributed by atoms with Crippen LogP contribution in [0.15, 0.2) is 6.07 Å². The zero-order valence-corrected chi connectivity index (χ0v) is 13.6. The Morgan fingerprint density at radius 1 is 1.24 bits per heavy atom. The van der Waals surface area contributed by atoms with E-state index in [-0.39, 0.29) is 12.2 Å². The van der Waals surface area contributed by atoms with Crippen LogP contribution in [0.3, 0.4) is 0 Å². The highest BCUT2D eigenvalue weighted by atomic mass is 35.5. The molecule has 116 valence electrons. The van der Waals surface area contributed by atoms with Gasteiger partial charge in [-0.25, -0.2) is 0 Å². The average Bonchev–Trinajstić information content (AvgIpc) is 2.94. The summed E-state index contributed by atoms with van der Waals surface area (Å²) in [6.45, 7) is 5.30. The molecule has 1 aromatic carbocycles. The van der Waals surface area contributed by atoms with E-state index in [2.05, 4.69) is 13.8 Å². The molecule has 21 heavy (non-hydrogen) atoms. The van der Waals surface area contributed by atoms with Crippen molar-refractivity contribution in [2.75, 3.05) is 13.3 Å². The zero-order chi connectivity index (χ0) is 15.0. The summed E-state index contributed by atoms with van der Waals surface area (Å²) in [6.07, 6.45) is 5.96. The van der Waals surface area contributed by atoms with Crippen molar-refractivity contribution in [2.24, 2.45) is 5.73 Å². The van der Waals surface area contributed by atoms with Crippen molar-refractivity contribution < 1.29 is 9.47 Å². The highest BCUT2D eigenvalue weighted by Gasteiger charge is 2.39. The van der Waals surface area contributed by atoms with Crippen LogP contribution in [0.2, 0.25) is 5.02 Å². The lowest BCUT2D eigenvalue weighted by atomic mass is 9.67. The van der Waals surface area contributed by atoms with Crippen LogP contribution in [0.4, 0.5) is 0 Å². The smallest absolute Gasteiger partial charge is 0.231 e. The summed E-state index contributed by atoms with van der Waals surface area (Å²) in [7, 11) is 0. The second-order valence-electron chi connectivity index (χ2n) is 6.58. The normalized spacial score (nSPS) is 20.0. The Balaban J connectivity index is 2.21. The predicted octanol–water partition coefficient (Wildman–Crippen LogP) is 4.35. The van der Waals surface area contributed by atoms with Crippen molar-refractivity contribution in [1.82, 2.24) is 0 Å². The minimum Gasteiger partial charge on any atom is -0.454 e. The van der Waals surface area contributed by atoms with Crippen LogP contribution in [0.1, 0.15) is 63.0 Å². The molecule has 2 N–H and O–H groups in total. The van der Waals surface area contributed by atoms with Crippen molar-refractivity contribution >= 4 is 11.6 Å². The Morgan fingerprint density at radius 2 is 1.95 bits per heavy atom. The minimum absolute atomic E-state index is 0.00405. The molecular formula is C17H24ClNO2. The SMILES string of the molecule is CC(C)c1c2c(cc(Cl)c1C1(CN)CCCCC1)OCO2. The van der Waals surface area contributed by atoms with Crippen molar-refractivity contribution in [3.8, 4) is 11.5 Å². The number of fused-ring (bicyclic) bond motifs is 1. The summed E-state index contributed by atoms with van der Waals surface area (Å²) >= 11 is 6.67. The van der Waals surface area contributed by atoms with Crippen LogP contribution >= 0.6 is 11.6 Å². The first-order chi connectivity index (χ1) is 10.1. The molecule has 0 radical (unpaired) electrons. The standard InChI is InChI=1S/C17H24ClNO2/c1-11(2)14-15(17(9-19)6-4-3-5-7-17)12(18)8-13-16(14)21-10-20-13/h8,11H,3-7,9-10,19H2,1-2H3. The van der Waals surface area contributed by atoms with Crippen LogP contribution in [-0.4, -0.2) is 13.3 Å². The summed E-state index contributed by atoms with van der Waals surface area (Å²) in [6, 6.07) is 1.91. The molecule has 1 aliphatic carbocycles. The van der Waals surface area contributed by atoms with Crippen molar-refractivity contribution in [1.29, 1.82) is 0 Å². The van der Waals surface area contributed by atoms with E-state index in [1.165, 1.54) is 30.4 Å². The largest absolute Gasteiger partial charge is 0.454 e. The monoisotopic (exact) mass is 309 g/mol. The highest BCUT2D eigenvalue weighted by Crippen LogP contribution is 2.51. The van der Waals surface area contributed by atoms with Crippen molar-refractivity contribution in [2.45, 2.75) is 57.3 Å². The molecule has 1 heterocycles. The van der Waals surface area contributed by atoms with Gasteiger partial charge in [0, 0.05) is 28.6 Å². The quantitative estimate of drug-likeness (QED) is 0.902. The van der Waals surface area contributed by atoms with Gasteiger partial charge in [-0.15, -0.1) is 0 Å². The van der Waals surface area contributed by atoms with Crippen molar-refractivity contribution in [3.63, 3.8) is 0 Å². The Labute approximate surface area is 131 Å². The van der Waals surface area contributed by atoms with Crippen LogP contribution in [0.25, 0.3) is 0 Å². The lowest BCUT2D eigenvalue weighted by Gasteiger charge is -2.39. The number of ether oxygens (including phenoxy) is 2. The van der Waals surface area contributed by atoms with Gasteiger partial charge in [-0.1, -0.05) is 44.7 Å². The zero-order valence-electron chi connectivity index (χ0n) is 12.9. The van der Waals surface area contributed by atoms with E-state index in [1.54, 1.807) is 0 Å². The Morgan fingerprint density at radius 3 is 2.57 bits per heavy atom. The van der Waals surface area contributed by atoms with Gasteiger partial charge >= 0.3 is 0 Å². The molecule has 0 bridgehead atoms. The van der Waals surface area contributed by atoms with Crippen LogP contribution < -0.4 is 15.2 Å². The molecule has 3 rings (SSSR count). The molecule has 0 amide bonds. The van der Waals surface area contributed by atoms with E-state index in [4.69, 9.17) is 26.8 Å². The Kier molecular flexibility index (Phi) is 4.06. The molecule has 4 heteroatoms. The van der Waals surface area contributed by atoms with Gasteiger partial charge in [0.05, 0.1) is 0 Å². The van der Waals surface area contributed by atoms with E-state index < -0.39 is 0 Å². The molecule has 1 fully saturated rings. The first-order valence-electron chi connectivity index (χ1n) is 7.91. The van der Waals surface area contributed by atoms with Gasteiger partial charge in [0.2, 0.25) is 6.79 Å². The highest BCUT2D eigenvalue weighted by molar-refractivity contribution is 6.32. The van der Waals surface area contributed by atoms with Gasteiger partial charge in [0.25, 0.3) is 0 Å². The first-order valence-corrected chi connectivity index (χ1v) is 8.29. The number of hydrogen-bond acceptors (Lipinski definition) is 3. The van der Waals surface area contributed by atoms with E-state index in [0.29, 0.717) is 12.5 Å². The summed E-state index contributed by atoms with van der Waals surface area (Å²) in [5, 5.41) is 0.787. The third-order valence-electron chi connectivity index (χ3n) is 4.96. The summed E-state index contributed by atoms with van der Waals surface area (Å²) < 4.78 is 11.3. The van der Waals surface area contributed by atoms with Gasteiger partial charge in [0.1, 0.15) is 0 Å². The van der Waals surface area contributed by atoms with Crippen LogP contribution in [0.5, 0.6) is 11.5 Å². The second-order valence-corrected chi connectivity index (χ2v) is 6.99. The molecule has 0 atom stereocenters. The maximum absolute atomic E-state index is 6.67. The maximum Gasteiger partial charge on any atom is 0.231 e. The van der Waals surface area contributed by atoms with Crippen LogP contribution in [-0.2, 0) is 5.41 Å². The molecule has 1 aliphatic heterocycles. The maximum atomic E-state index is 6.67. The van der Waals surface area contributed by atoms with E-state index in [0.717, 1.165) is 29.4 Å². The molecule has 3 nitrogen and oxygen atoms in total. The van der Waals surface area contributed by atoms with Gasteiger partial charge in [-0.3, -0.25) is 0 Å². The molecule has 0 aromatic heterocycles. The fraction of sp³-hybridized carbons (Fsp3) is 0.647. The Hall–Kier alpha value is -0.930. The topological polar surface area (TPSA) is 44.5 Å². The minimum atomic E-state index is -0.00405. The molecule has 0 saturated heterocycles. The van der Waals surface area contributed by atoms with Gasteiger partial charge < -0.3 is 15.2 Å². The average molecular weight is 310 g/mol. The van der Waals surface area contributed by atoms with E-state index >= 15 is 0 Å². The molecule has 0 spiro atoms. The van der Waals surface area contributed by atoms with Gasteiger partial charge in [0.15, 0.2) is 11.5 Å². The second kappa shape index (κ2) is 5.69. The third kappa shape index (κ3) is 2.40. The molecular weight excluding hydrogens is 286 g/mol.